The summed E-state index contributed by atoms with van der Waals surface area (Å²) in [6.07, 6.45) is 7.06. The highest BCUT2D eigenvalue weighted by Crippen LogP contribution is 2.29. The van der Waals surface area contributed by atoms with Crippen molar-refractivity contribution in [1.82, 2.24) is 10.3 Å². The molecule has 1 saturated carbocycles. The van der Waals surface area contributed by atoms with E-state index < -0.39 is 0 Å². The van der Waals surface area contributed by atoms with Gasteiger partial charge in [0.25, 0.3) is 0 Å². The molecule has 1 aromatic heterocycles. The molecular weight excluding hydrogens is 256 g/mol. The molecule has 1 aromatic carbocycles. The zero-order valence-corrected chi connectivity index (χ0v) is 13.2. The average molecular weight is 282 g/mol. The van der Waals surface area contributed by atoms with Crippen LogP contribution in [0.25, 0.3) is 10.9 Å². The lowest BCUT2D eigenvalue weighted by Gasteiger charge is -2.34. The van der Waals surface area contributed by atoms with Crippen molar-refractivity contribution in [2.45, 2.75) is 45.6 Å². The summed E-state index contributed by atoms with van der Waals surface area (Å²) in [6, 6.07) is 11.3. The Kier molecular flexibility index (Phi) is 4.54. The maximum Gasteiger partial charge on any atom is 0.0734 e. The third-order valence-corrected chi connectivity index (χ3v) is 5.22. The van der Waals surface area contributed by atoms with Crippen LogP contribution in [0.5, 0.6) is 0 Å². The first-order valence-electron chi connectivity index (χ1n) is 8.31. The number of fused-ring (bicyclic) bond motifs is 1. The number of benzene rings is 1. The second kappa shape index (κ2) is 6.57. The Bertz CT molecular complexity index is 588. The van der Waals surface area contributed by atoms with E-state index in [9.17, 15) is 0 Å². The highest BCUT2D eigenvalue weighted by Gasteiger charge is 2.26. The lowest BCUT2D eigenvalue weighted by molar-refractivity contribution is 0.208. The molecule has 112 valence electrons. The first-order valence-corrected chi connectivity index (χ1v) is 8.31. The van der Waals surface area contributed by atoms with Crippen LogP contribution in [0, 0.1) is 11.8 Å². The van der Waals surface area contributed by atoms with Crippen LogP contribution >= 0.6 is 0 Å². The molecular formula is C19H26N2. The summed E-state index contributed by atoms with van der Waals surface area (Å²) >= 11 is 0. The Labute approximate surface area is 128 Å². The van der Waals surface area contributed by atoms with Crippen molar-refractivity contribution in [3.05, 3.63) is 42.1 Å². The van der Waals surface area contributed by atoms with Gasteiger partial charge >= 0.3 is 0 Å². The van der Waals surface area contributed by atoms with E-state index >= 15 is 0 Å². The van der Waals surface area contributed by atoms with Gasteiger partial charge in [-0.3, -0.25) is 4.98 Å². The first-order chi connectivity index (χ1) is 10.3. The van der Waals surface area contributed by atoms with Gasteiger partial charge in [-0.1, -0.05) is 51.0 Å². The molecule has 1 fully saturated rings. The monoisotopic (exact) mass is 282 g/mol. The summed E-state index contributed by atoms with van der Waals surface area (Å²) in [5.41, 5.74) is 2.52. The molecule has 0 amide bonds. The van der Waals surface area contributed by atoms with Crippen molar-refractivity contribution >= 4 is 10.9 Å². The lowest BCUT2D eigenvalue weighted by Crippen LogP contribution is -2.41. The summed E-state index contributed by atoms with van der Waals surface area (Å²) in [7, 11) is 0. The summed E-state index contributed by atoms with van der Waals surface area (Å²) in [5.74, 6) is 1.65. The fourth-order valence-electron chi connectivity index (χ4n) is 3.63. The molecule has 2 aromatic rings. The normalized spacial score (nSPS) is 26.1. The molecule has 2 nitrogen and oxygen atoms in total. The van der Waals surface area contributed by atoms with E-state index in [0.717, 1.165) is 30.3 Å². The van der Waals surface area contributed by atoms with Crippen LogP contribution in [0.3, 0.4) is 0 Å². The lowest BCUT2D eigenvalue weighted by atomic mass is 9.78. The Morgan fingerprint density at radius 3 is 2.90 bits per heavy atom. The zero-order chi connectivity index (χ0) is 14.7. The molecule has 0 radical (unpaired) electrons. The molecule has 1 N–H and O–H groups in total. The Balaban J connectivity index is 1.62. The molecule has 21 heavy (non-hydrogen) atoms. The minimum absolute atomic E-state index is 0.691. The van der Waals surface area contributed by atoms with Crippen molar-refractivity contribution in [2.24, 2.45) is 11.8 Å². The van der Waals surface area contributed by atoms with Crippen LogP contribution in [0.1, 0.15) is 38.7 Å². The van der Waals surface area contributed by atoms with Gasteiger partial charge < -0.3 is 5.32 Å². The van der Waals surface area contributed by atoms with E-state index in [2.05, 4.69) is 48.4 Å². The van der Waals surface area contributed by atoms with Crippen LogP contribution < -0.4 is 5.32 Å². The molecule has 1 heterocycles. The highest BCUT2D eigenvalue weighted by atomic mass is 14.9. The van der Waals surface area contributed by atoms with E-state index in [1.165, 1.54) is 30.2 Å². The summed E-state index contributed by atoms with van der Waals surface area (Å²) in [6.45, 7) is 5.85. The van der Waals surface area contributed by atoms with E-state index in [1.54, 1.807) is 0 Å². The predicted molar refractivity (Wildman–Crippen MR) is 89.4 cm³/mol. The van der Waals surface area contributed by atoms with E-state index in [1.807, 2.05) is 12.3 Å². The average Bonchev–Trinajstić information content (AvgIpc) is 2.52. The van der Waals surface area contributed by atoms with Gasteiger partial charge in [-0.05, 0) is 42.9 Å². The highest BCUT2D eigenvalue weighted by molar-refractivity contribution is 5.81. The van der Waals surface area contributed by atoms with Gasteiger partial charge in [0, 0.05) is 17.6 Å². The minimum Gasteiger partial charge on any atom is -0.313 e. The number of rotatable bonds is 4. The molecule has 2 heteroatoms. The fraction of sp³-hybridized carbons (Fsp3) is 0.526. The Morgan fingerprint density at radius 2 is 2.00 bits per heavy atom. The van der Waals surface area contributed by atoms with E-state index in [4.69, 9.17) is 0 Å². The zero-order valence-electron chi connectivity index (χ0n) is 13.2. The second-order valence-electron chi connectivity index (χ2n) is 6.57. The second-order valence-corrected chi connectivity index (χ2v) is 6.57. The number of hydrogen-bond donors (Lipinski definition) is 1. The van der Waals surface area contributed by atoms with Crippen LogP contribution in [0.4, 0.5) is 0 Å². The van der Waals surface area contributed by atoms with Crippen LogP contribution in [0.2, 0.25) is 0 Å². The predicted octanol–water partition coefficient (Wildman–Crippen LogP) is 4.19. The summed E-state index contributed by atoms with van der Waals surface area (Å²) in [4.78, 5) is 4.55. The van der Waals surface area contributed by atoms with Gasteiger partial charge in [0.1, 0.15) is 0 Å². The van der Waals surface area contributed by atoms with Crippen molar-refractivity contribution in [3.63, 3.8) is 0 Å². The number of aromatic nitrogens is 1. The van der Waals surface area contributed by atoms with Gasteiger partial charge in [-0.25, -0.2) is 0 Å². The largest absolute Gasteiger partial charge is 0.313 e. The maximum atomic E-state index is 4.55. The topological polar surface area (TPSA) is 24.9 Å². The van der Waals surface area contributed by atoms with Gasteiger partial charge in [-0.15, -0.1) is 0 Å². The number of pyridine rings is 1. The molecule has 3 unspecified atom stereocenters. The molecule has 0 bridgehead atoms. The Morgan fingerprint density at radius 1 is 1.14 bits per heavy atom. The summed E-state index contributed by atoms with van der Waals surface area (Å²) < 4.78 is 0. The van der Waals surface area contributed by atoms with Gasteiger partial charge in [0.15, 0.2) is 0 Å². The number of hydrogen-bond acceptors (Lipinski definition) is 2. The minimum atomic E-state index is 0.691. The third kappa shape index (κ3) is 3.26. The summed E-state index contributed by atoms with van der Waals surface area (Å²) in [5, 5.41) is 5.03. The maximum absolute atomic E-state index is 4.55. The quantitative estimate of drug-likeness (QED) is 0.909. The third-order valence-electron chi connectivity index (χ3n) is 5.22. The van der Waals surface area contributed by atoms with Crippen molar-refractivity contribution in [2.75, 3.05) is 6.54 Å². The molecule has 1 aliphatic carbocycles. The van der Waals surface area contributed by atoms with Gasteiger partial charge in [-0.2, -0.15) is 0 Å². The number of nitrogens with zero attached hydrogens (tertiary/aromatic N) is 1. The molecule has 0 aliphatic heterocycles. The molecule has 1 aliphatic rings. The standard InChI is InChI=1S/C19H26N2/c1-14-6-3-10-18(15(14)2)20-13-11-17-8-4-7-16-9-5-12-21-19(16)17/h4-5,7-9,12,14-15,18,20H,3,6,10-11,13H2,1-2H3. The fourth-order valence-corrected chi connectivity index (χ4v) is 3.63. The SMILES string of the molecule is CC1CCCC(NCCc2cccc3cccnc23)C1C. The van der Waals surface area contributed by atoms with Crippen LogP contribution in [-0.4, -0.2) is 17.6 Å². The molecule has 0 spiro atoms. The molecule has 3 atom stereocenters. The van der Waals surface area contributed by atoms with Crippen LogP contribution in [0.15, 0.2) is 36.5 Å². The number of nitrogens with one attached hydrogen (secondary N) is 1. The van der Waals surface area contributed by atoms with Crippen LogP contribution in [-0.2, 0) is 6.42 Å². The number of para-hydroxylation sites is 1. The van der Waals surface area contributed by atoms with Crippen molar-refractivity contribution < 1.29 is 0 Å². The Hall–Kier alpha value is -1.41. The smallest absolute Gasteiger partial charge is 0.0734 e. The molecule has 3 rings (SSSR count). The van der Waals surface area contributed by atoms with Crippen molar-refractivity contribution in [3.8, 4) is 0 Å². The van der Waals surface area contributed by atoms with E-state index in [0.29, 0.717) is 6.04 Å². The van der Waals surface area contributed by atoms with Gasteiger partial charge in [0.05, 0.1) is 5.52 Å². The van der Waals surface area contributed by atoms with Gasteiger partial charge in [0.2, 0.25) is 0 Å². The van der Waals surface area contributed by atoms with Crippen molar-refractivity contribution in [1.29, 1.82) is 0 Å². The van der Waals surface area contributed by atoms with E-state index in [-0.39, 0.29) is 0 Å². The first kappa shape index (κ1) is 14.5. The molecule has 0 saturated heterocycles.